The largest absolute Gasteiger partial charge is 0.486 e. The fourth-order valence-electron chi connectivity index (χ4n) is 5.06. The van der Waals surface area contributed by atoms with E-state index in [9.17, 15) is 5.11 Å². The van der Waals surface area contributed by atoms with Crippen LogP contribution in [0.15, 0.2) is 42.6 Å². The van der Waals surface area contributed by atoms with Crippen LogP contribution >= 0.6 is 0 Å². The van der Waals surface area contributed by atoms with Gasteiger partial charge in [0.05, 0.1) is 23.0 Å². The first-order valence-corrected chi connectivity index (χ1v) is 10.5. The number of likely N-dealkylation sites (tertiary alicyclic amines) is 1. The molecule has 0 spiro atoms. The molecule has 4 heterocycles. The summed E-state index contributed by atoms with van der Waals surface area (Å²) in [5.41, 5.74) is 4.21. The fraction of sp³-hybridized carbons (Fsp3) is 0.478. The summed E-state index contributed by atoms with van der Waals surface area (Å²) in [6, 6.07) is 12.3. The van der Waals surface area contributed by atoms with Crippen molar-refractivity contribution >= 4 is 5.52 Å². The number of rotatable bonds is 4. The molecule has 0 aromatic carbocycles. The molecule has 0 unspecified atom stereocenters. The van der Waals surface area contributed by atoms with Crippen LogP contribution in [0.4, 0.5) is 0 Å². The summed E-state index contributed by atoms with van der Waals surface area (Å²) in [5, 5.41) is 15.2. The molecule has 4 atom stereocenters. The van der Waals surface area contributed by atoms with Crippen molar-refractivity contribution in [2.75, 3.05) is 13.1 Å². The molecule has 6 heteroatoms. The van der Waals surface area contributed by atoms with E-state index in [1.54, 1.807) is 0 Å². The van der Waals surface area contributed by atoms with Gasteiger partial charge in [-0.3, -0.25) is 9.88 Å². The third kappa shape index (κ3) is 3.63. The van der Waals surface area contributed by atoms with Crippen molar-refractivity contribution in [3.05, 3.63) is 59.7 Å². The van der Waals surface area contributed by atoms with Crippen molar-refractivity contribution in [1.29, 1.82) is 0 Å². The van der Waals surface area contributed by atoms with Crippen LogP contribution in [0.3, 0.4) is 0 Å². The van der Waals surface area contributed by atoms with E-state index in [0.29, 0.717) is 11.8 Å². The molecule has 2 aliphatic rings. The highest BCUT2D eigenvalue weighted by Gasteiger charge is 2.42. The van der Waals surface area contributed by atoms with Crippen LogP contribution in [-0.4, -0.2) is 49.9 Å². The monoisotopic (exact) mass is 392 g/mol. The number of aryl methyl sites for hydroxylation is 2. The molecule has 0 radical (unpaired) electrons. The van der Waals surface area contributed by atoms with E-state index in [1.807, 2.05) is 42.8 Å². The van der Waals surface area contributed by atoms with E-state index in [1.165, 1.54) is 5.69 Å². The maximum atomic E-state index is 10.7. The molecule has 0 bridgehead atoms. The van der Waals surface area contributed by atoms with Gasteiger partial charge in [-0.15, -0.1) is 0 Å². The first-order chi connectivity index (χ1) is 14.1. The van der Waals surface area contributed by atoms with Gasteiger partial charge in [-0.25, -0.2) is 4.52 Å². The summed E-state index contributed by atoms with van der Waals surface area (Å²) in [5.74, 6) is 1.87. The van der Waals surface area contributed by atoms with Gasteiger partial charge in [0.25, 0.3) is 0 Å². The maximum absolute atomic E-state index is 10.7. The van der Waals surface area contributed by atoms with Crippen LogP contribution < -0.4 is 4.74 Å². The number of ether oxygens (including phenoxy) is 1. The summed E-state index contributed by atoms with van der Waals surface area (Å²) in [6.07, 6.45) is 2.96. The Labute approximate surface area is 171 Å². The Kier molecular flexibility index (Phi) is 4.76. The molecule has 152 valence electrons. The number of pyridine rings is 2. The second-order valence-electron chi connectivity index (χ2n) is 8.63. The Morgan fingerprint density at radius 2 is 1.90 bits per heavy atom. The van der Waals surface area contributed by atoms with E-state index < -0.39 is 6.10 Å². The number of aromatic nitrogens is 3. The topological polar surface area (TPSA) is 62.9 Å². The average Bonchev–Trinajstić information content (AvgIpc) is 3.31. The van der Waals surface area contributed by atoms with Gasteiger partial charge in [0, 0.05) is 31.5 Å². The lowest BCUT2D eigenvalue weighted by Gasteiger charge is -2.35. The Bertz CT molecular complexity index is 1020. The minimum absolute atomic E-state index is 0.158. The molecule has 3 aromatic rings. The molecule has 2 fully saturated rings. The summed E-state index contributed by atoms with van der Waals surface area (Å²) < 4.78 is 8.24. The SMILES string of the molecule is Cc1ccc(O[C@@H]2C[C@@H]3CN(Cc4cccc5ccnn45)C[C@@H]3C[C@H]2O)c(C)n1. The standard InChI is InChI=1S/C23H28N4O2/c1-15-6-7-22(16(2)25-15)29-23-11-18-13-26(12-17(18)10-21(23)28)14-20-5-3-4-19-8-9-24-27(19)20/h3-9,17-18,21,23,28H,10-14H2,1-2H3/t17-,18+,21+,23+/m0/s1. The molecule has 1 saturated carbocycles. The lowest BCUT2D eigenvalue weighted by Crippen LogP contribution is -2.42. The van der Waals surface area contributed by atoms with Crippen molar-refractivity contribution in [2.24, 2.45) is 11.8 Å². The van der Waals surface area contributed by atoms with Gasteiger partial charge in [0.15, 0.2) is 0 Å². The zero-order valence-corrected chi connectivity index (χ0v) is 17.0. The van der Waals surface area contributed by atoms with Crippen molar-refractivity contribution in [3.63, 3.8) is 0 Å². The number of nitrogens with zero attached hydrogens (tertiary/aromatic N) is 4. The molecule has 6 nitrogen and oxygen atoms in total. The molecule has 1 saturated heterocycles. The predicted molar refractivity (Wildman–Crippen MR) is 111 cm³/mol. The Balaban J connectivity index is 1.26. The lowest BCUT2D eigenvalue weighted by atomic mass is 9.78. The Morgan fingerprint density at radius 1 is 1.07 bits per heavy atom. The molecule has 1 aliphatic carbocycles. The highest BCUT2D eigenvalue weighted by Crippen LogP contribution is 2.38. The van der Waals surface area contributed by atoms with Crippen LogP contribution in [0.2, 0.25) is 0 Å². The number of hydrogen-bond donors (Lipinski definition) is 1. The van der Waals surface area contributed by atoms with E-state index in [2.05, 4.69) is 33.2 Å². The molecule has 5 rings (SSSR count). The molecule has 29 heavy (non-hydrogen) atoms. The van der Waals surface area contributed by atoms with Gasteiger partial charge < -0.3 is 9.84 Å². The zero-order valence-electron chi connectivity index (χ0n) is 17.0. The highest BCUT2D eigenvalue weighted by atomic mass is 16.5. The van der Waals surface area contributed by atoms with Crippen LogP contribution in [0.5, 0.6) is 5.75 Å². The number of hydrogen-bond acceptors (Lipinski definition) is 5. The van der Waals surface area contributed by atoms with Crippen LogP contribution in [0.25, 0.3) is 5.52 Å². The smallest absolute Gasteiger partial charge is 0.141 e. The number of aliphatic hydroxyl groups is 1. The lowest BCUT2D eigenvalue weighted by molar-refractivity contribution is -0.0236. The summed E-state index contributed by atoms with van der Waals surface area (Å²) in [4.78, 5) is 6.99. The third-order valence-corrected chi connectivity index (χ3v) is 6.50. The zero-order chi connectivity index (χ0) is 20.0. The van der Waals surface area contributed by atoms with Gasteiger partial charge in [-0.05, 0) is 68.9 Å². The van der Waals surface area contributed by atoms with Crippen LogP contribution in [0, 0.1) is 25.7 Å². The minimum Gasteiger partial charge on any atom is -0.486 e. The van der Waals surface area contributed by atoms with Gasteiger partial charge in [0.1, 0.15) is 11.9 Å². The first-order valence-electron chi connectivity index (χ1n) is 10.5. The molecule has 0 amide bonds. The number of fused-ring (bicyclic) bond motifs is 2. The first kappa shape index (κ1) is 18.6. The van der Waals surface area contributed by atoms with E-state index >= 15 is 0 Å². The molecular formula is C23H28N4O2. The molecule has 3 aromatic heterocycles. The molecule has 1 aliphatic heterocycles. The van der Waals surface area contributed by atoms with Crippen molar-refractivity contribution in [3.8, 4) is 5.75 Å². The maximum Gasteiger partial charge on any atom is 0.141 e. The average molecular weight is 393 g/mol. The Morgan fingerprint density at radius 3 is 2.72 bits per heavy atom. The molecular weight excluding hydrogens is 364 g/mol. The van der Waals surface area contributed by atoms with E-state index in [0.717, 1.165) is 55.1 Å². The highest BCUT2D eigenvalue weighted by molar-refractivity contribution is 5.46. The van der Waals surface area contributed by atoms with Crippen molar-refractivity contribution < 1.29 is 9.84 Å². The van der Waals surface area contributed by atoms with E-state index in [-0.39, 0.29) is 6.10 Å². The van der Waals surface area contributed by atoms with Gasteiger partial charge in [-0.1, -0.05) is 6.07 Å². The van der Waals surface area contributed by atoms with Crippen LogP contribution in [-0.2, 0) is 6.54 Å². The van der Waals surface area contributed by atoms with Crippen molar-refractivity contribution in [2.45, 2.75) is 45.4 Å². The quantitative estimate of drug-likeness (QED) is 0.740. The van der Waals surface area contributed by atoms with Crippen LogP contribution in [0.1, 0.15) is 29.9 Å². The third-order valence-electron chi connectivity index (χ3n) is 6.50. The summed E-state index contributed by atoms with van der Waals surface area (Å²) in [6.45, 7) is 6.90. The molecule has 1 N–H and O–H groups in total. The second-order valence-corrected chi connectivity index (χ2v) is 8.63. The summed E-state index contributed by atoms with van der Waals surface area (Å²) >= 11 is 0. The number of aliphatic hydroxyl groups excluding tert-OH is 1. The fourth-order valence-corrected chi connectivity index (χ4v) is 5.06. The van der Waals surface area contributed by atoms with Gasteiger partial charge in [-0.2, -0.15) is 5.10 Å². The van der Waals surface area contributed by atoms with Gasteiger partial charge >= 0.3 is 0 Å². The predicted octanol–water partition coefficient (Wildman–Crippen LogP) is 3.00. The summed E-state index contributed by atoms with van der Waals surface area (Å²) in [7, 11) is 0. The second kappa shape index (κ2) is 7.43. The van der Waals surface area contributed by atoms with Gasteiger partial charge in [0.2, 0.25) is 0 Å². The normalized spacial score (nSPS) is 27.3. The van der Waals surface area contributed by atoms with E-state index in [4.69, 9.17) is 4.74 Å². The van der Waals surface area contributed by atoms with Crippen molar-refractivity contribution in [1.82, 2.24) is 19.5 Å². The minimum atomic E-state index is -0.425. The Hall–Kier alpha value is -2.44.